The van der Waals surface area contributed by atoms with Gasteiger partial charge in [-0.25, -0.2) is 4.39 Å². The van der Waals surface area contributed by atoms with Crippen LogP contribution in [-0.2, 0) is 6.54 Å². The summed E-state index contributed by atoms with van der Waals surface area (Å²) in [4.78, 5) is 0. The van der Waals surface area contributed by atoms with Crippen LogP contribution < -0.4 is 5.32 Å². The lowest BCUT2D eigenvalue weighted by Gasteiger charge is -2.12. The zero-order valence-electron chi connectivity index (χ0n) is 8.73. The number of rotatable bonds is 3. The summed E-state index contributed by atoms with van der Waals surface area (Å²) in [5, 5.41) is 3.45. The number of benzene rings is 1. The van der Waals surface area contributed by atoms with E-state index in [0.717, 1.165) is 17.7 Å². The first-order chi connectivity index (χ1) is 6.59. The van der Waals surface area contributed by atoms with Crippen LogP contribution in [0.3, 0.4) is 0 Å². The van der Waals surface area contributed by atoms with Gasteiger partial charge in [0.25, 0.3) is 0 Å². The van der Waals surface area contributed by atoms with E-state index < -0.39 is 0 Å². The Bertz CT molecular complexity index is 342. The molecule has 0 bridgehead atoms. The molecule has 1 nitrogen and oxygen atoms in total. The molecular weight excluding hydrogens is 177 g/mol. The Morgan fingerprint density at radius 3 is 2.79 bits per heavy atom. The molecule has 0 aromatic heterocycles. The number of nitrogens with one attached hydrogen (secondary N) is 1. The van der Waals surface area contributed by atoms with E-state index in [-0.39, 0.29) is 5.82 Å². The molecule has 1 fully saturated rings. The van der Waals surface area contributed by atoms with Crippen molar-refractivity contribution in [2.45, 2.75) is 38.8 Å². The Balaban J connectivity index is 2.04. The van der Waals surface area contributed by atoms with Gasteiger partial charge in [0.1, 0.15) is 5.82 Å². The minimum absolute atomic E-state index is 0.145. The smallest absolute Gasteiger partial charge is 0.123 e. The Hall–Kier alpha value is -0.890. The normalized spacial score (nSPS) is 18.2. The molecule has 0 saturated heterocycles. The second-order valence-corrected chi connectivity index (χ2v) is 4.49. The van der Waals surface area contributed by atoms with Crippen molar-refractivity contribution in [2.24, 2.45) is 0 Å². The third kappa shape index (κ3) is 2.13. The van der Waals surface area contributed by atoms with Crippen molar-refractivity contribution in [3.8, 4) is 0 Å². The standard InChI is InChI=1S/C12H16FN/c1-9-3-4-11(13)7-10(9)8-14-12(2)5-6-12/h3-4,7,14H,5-6,8H2,1-2H3. The molecule has 1 N–H and O–H groups in total. The fourth-order valence-corrected chi connectivity index (χ4v) is 1.50. The van der Waals surface area contributed by atoms with E-state index in [1.807, 2.05) is 13.0 Å². The lowest BCUT2D eigenvalue weighted by atomic mass is 10.1. The van der Waals surface area contributed by atoms with Crippen LogP contribution in [0.5, 0.6) is 0 Å². The summed E-state index contributed by atoms with van der Waals surface area (Å²) in [6.07, 6.45) is 2.47. The summed E-state index contributed by atoms with van der Waals surface area (Å²) in [6, 6.07) is 4.97. The Labute approximate surface area is 84.3 Å². The van der Waals surface area contributed by atoms with Crippen molar-refractivity contribution >= 4 is 0 Å². The van der Waals surface area contributed by atoms with Crippen molar-refractivity contribution in [1.29, 1.82) is 0 Å². The van der Waals surface area contributed by atoms with Gasteiger partial charge in [0.2, 0.25) is 0 Å². The monoisotopic (exact) mass is 193 g/mol. The summed E-state index contributed by atoms with van der Waals surface area (Å²) < 4.78 is 13.0. The van der Waals surface area contributed by atoms with E-state index in [1.165, 1.54) is 18.9 Å². The lowest BCUT2D eigenvalue weighted by molar-refractivity contribution is 0.533. The van der Waals surface area contributed by atoms with Gasteiger partial charge < -0.3 is 5.32 Å². The van der Waals surface area contributed by atoms with Crippen LogP contribution in [0, 0.1) is 12.7 Å². The molecule has 76 valence electrons. The third-order valence-electron chi connectivity index (χ3n) is 3.02. The minimum Gasteiger partial charge on any atom is -0.307 e. The number of aryl methyl sites for hydroxylation is 1. The van der Waals surface area contributed by atoms with Gasteiger partial charge in [-0.15, -0.1) is 0 Å². The van der Waals surface area contributed by atoms with Gasteiger partial charge >= 0.3 is 0 Å². The van der Waals surface area contributed by atoms with Gasteiger partial charge in [0, 0.05) is 12.1 Å². The number of hydrogen-bond donors (Lipinski definition) is 1. The van der Waals surface area contributed by atoms with Gasteiger partial charge in [0.05, 0.1) is 0 Å². The van der Waals surface area contributed by atoms with E-state index in [4.69, 9.17) is 0 Å². The molecule has 0 spiro atoms. The molecule has 14 heavy (non-hydrogen) atoms. The maximum atomic E-state index is 13.0. The van der Waals surface area contributed by atoms with E-state index in [9.17, 15) is 4.39 Å². The molecule has 1 aromatic rings. The first-order valence-electron chi connectivity index (χ1n) is 5.09. The first kappa shape index (κ1) is 9.66. The molecule has 1 aromatic carbocycles. The summed E-state index contributed by atoms with van der Waals surface area (Å²) in [7, 11) is 0. The molecule has 0 amide bonds. The number of halogens is 1. The summed E-state index contributed by atoms with van der Waals surface area (Å²) in [5.74, 6) is -0.145. The molecule has 1 aliphatic rings. The van der Waals surface area contributed by atoms with Gasteiger partial charge in [-0.05, 0) is 49.9 Å². The van der Waals surface area contributed by atoms with Crippen molar-refractivity contribution in [2.75, 3.05) is 0 Å². The van der Waals surface area contributed by atoms with Crippen LogP contribution in [0.15, 0.2) is 18.2 Å². The molecule has 0 heterocycles. The predicted molar refractivity (Wildman–Crippen MR) is 55.6 cm³/mol. The van der Waals surface area contributed by atoms with Gasteiger partial charge in [-0.2, -0.15) is 0 Å². The van der Waals surface area contributed by atoms with Crippen LogP contribution in [0.1, 0.15) is 30.9 Å². The summed E-state index contributed by atoms with van der Waals surface area (Å²) in [5.41, 5.74) is 2.54. The van der Waals surface area contributed by atoms with Crippen LogP contribution in [0.25, 0.3) is 0 Å². The average Bonchev–Trinajstić information content (AvgIpc) is 2.87. The molecule has 1 aliphatic carbocycles. The minimum atomic E-state index is -0.145. The maximum absolute atomic E-state index is 13.0. The van der Waals surface area contributed by atoms with Crippen molar-refractivity contribution in [3.05, 3.63) is 35.1 Å². The Morgan fingerprint density at radius 2 is 2.14 bits per heavy atom. The SMILES string of the molecule is Cc1ccc(F)cc1CNC1(C)CC1. The van der Waals surface area contributed by atoms with Gasteiger partial charge in [-0.1, -0.05) is 6.07 Å². The second kappa shape index (κ2) is 3.35. The topological polar surface area (TPSA) is 12.0 Å². The molecule has 0 unspecified atom stereocenters. The highest BCUT2D eigenvalue weighted by molar-refractivity contribution is 5.26. The van der Waals surface area contributed by atoms with Crippen LogP contribution in [0.2, 0.25) is 0 Å². The second-order valence-electron chi connectivity index (χ2n) is 4.49. The molecule has 0 atom stereocenters. The molecule has 1 saturated carbocycles. The molecule has 0 aliphatic heterocycles. The zero-order valence-corrected chi connectivity index (χ0v) is 8.73. The van der Waals surface area contributed by atoms with Crippen molar-refractivity contribution in [1.82, 2.24) is 5.32 Å². The van der Waals surface area contributed by atoms with Gasteiger partial charge in [-0.3, -0.25) is 0 Å². The largest absolute Gasteiger partial charge is 0.307 e. The summed E-state index contributed by atoms with van der Waals surface area (Å²) in [6.45, 7) is 5.01. The first-order valence-corrected chi connectivity index (χ1v) is 5.09. The molecular formula is C12H16FN. The van der Waals surface area contributed by atoms with Crippen LogP contribution >= 0.6 is 0 Å². The highest BCUT2D eigenvalue weighted by atomic mass is 19.1. The van der Waals surface area contributed by atoms with E-state index in [0.29, 0.717) is 5.54 Å². The molecule has 2 heteroatoms. The average molecular weight is 193 g/mol. The fraction of sp³-hybridized carbons (Fsp3) is 0.500. The zero-order chi connectivity index (χ0) is 10.2. The quantitative estimate of drug-likeness (QED) is 0.778. The van der Waals surface area contributed by atoms with Gasteiger partial charge in [0.15, 0.2) is 0 Å². The highest BCUT2D eigenvalue weighted by Gasteiger charge is 2.36. The van der Waals surface area contributed by atoms with E-state index in [1.54, 1.807) is 6.07 Å². The predicted octanol–water partition coefficient (Wildman–Crippen LogP) is 2.78. The maximum Gasteiger partial charge on any atom is 0.123 e. The third-order valence-corrected chi connectivity index (χ3v) is 3.02. The summed E-state index contributed by atoms with van der Waals surface area (Å²) >= 11 is 0. The van der Waals surface area contributed by atoms with Crippen LogP contribution in [-0.4, -0.2) is 5.54 Å². The highest BCUT2D eigenvalue weighted by Crippen LogP contribution is 2.34. The van der Waals surface area contributed by atoms with Crippen molar-refractivity contribution < 1.29 is 4.39 Å². The number of hydrogen-bond acceptors (Lipinski definition) is 1. The van der Waals surface area contributed by atoms with Crippen LogP contribution in [0.4, 0.5) is 4.39 Å². The fourth-order valence-electron chi connectivity index (χ4n) is 1.50. The van der Waals surface area contributed by atoms with Crippen molar-refractivity contribution in [3.63, 3.8) is 0 Å². The van der Waals surface area contributed by atoms with E-state index in [2.05, 4.69) is 12.2 Å². The van der Waals surface area contributed by atoms with E-state index >= 15 is 0 Å². The lowest BCUT2D eigenvalue weighted by Crippen LogP contribution is -2.27. The molecule has 0 radical (unpaired) electrons. The Morgan fingerprint density at radius 1 is 1.43 bits per heavy atom. The Kier molecular flexibility index (Phi) is 2.31. The molecule has 2 rings (SSSR count).